The van der Waals surface area contributed by atoms with E-state index in [1.807, 2.05) is 18.2 Å². The van der Waals surface area contributed by atoms with Gasteiger partial charge in [-0.25, -0.2) is 0 Å². The predicted molar refractivity (Wildman–Crippen MR) is 158 cm³/mol. The summed E-state index contributed by atoms with van der Waals surface area (Å²) in [7, 11) is 1.63. The first-order valence-electron chi connectivity index (χ1n) is 14.7. The molecule has 1 aliphatic carbocycles. The average Bonchev–Trinajstić information content (AvgIpc) is 2.97. The number of amides is 1. The van der Waals surface area contributed by atoms with Crippen molar-refractivity contribution in [3.63, 3.8) is 0 Å². The molecule has 2 aromatic carbocycles. The Labute approximate surface area is 239 Å². The van der Waals surface area contributed by atoms with Crippen molar-refractivity contribution < 1.29 is 19.0 Å². The molecule has 40 heavy (non-hydrogen) atoms. The molecule has 3 atom stereocenters. The molecule has 0 saturated carbocycles. The van der Waals surface area contributed by atoms with E-state index < -0.39 is 0 Å². The third-order valence-corrected chi connectivity index (χ3v) is 8.51. The zero-order chi connectivity index (χ0) is 28.1. The SMILES string of the molecule is COc1cc(C(C)(C)C)ccc1C(=O)NC1=CC=CC2C1CCN(Cc1ccccc1)C2CCC1OCCCO1. The van der Waals surface area contributed by atoms with Crippen molar-refractivity contribution in [2.75, 3.05) is 26.9 Å². The number of benzene rings is 2. The molecule has 6 nitrogen and oxygen atoms in total. The topological polar surface area (TPSA) is 60.0 Å². The van der Waals surface area contributed by atoms with Crippen LogP contribution in [0.25, 0.3) is 0 Å². The number of piperidine rings is 1. The molecule has 1 N–H and O–H groups in total. The van der Waals surface area contributed by atoms with Crippen molar-refractivity contribution in [2.45, 2.75) is 70.7 Å². The van der Waals surface area contributed by atoms with Crippen molar-refractivity contribution in [1.29, 1.82) is 0 Å². The van der Waals surface area contributed by atoms with E-state index in [1.165, 1.54) is 5.56 Å². The summed E-state index contributed by atoms with van der Waals surface area (Å²) in [6, 6.07) is 16.9. The lowest BCUT2D eigenvalue weighted by atomic mass is 9.73. The van der Waals surface area contributed by atoms with Crippen molar-refractivity contribution in [3.05, 3.63) is 89.1 Å². The molecule has 5 rings (SSSR count). The van der Waals surface area contributed by atoms with Crippen molar-refractivity contribution in [2.24, 2.45) is 11.8 Å². The smallest absolute Gasteiger partial charge is 0.259 e. The van der Waals surface area contributed by atoms with E-state index in [-0.39, 0.29) is 23.5 Å². The van der Waals surface area contributed by atoms with Crippen molar-refractivity contribution >= 4 is 5.91 Å². The van der Waals surface area contributed by atoms with Crippen LogP contribution >= 0.6 is 0 Å². The van der Waals surface area contributed by atoms with Gasteiger partial charge in [0.25, 0.3) is 5.91 Å². The van der Waals surface area contributed by atoms with Gasteiger partial charge in [-0.1, -0.05) is 69.3 Å². The first kappa shape index (κ1) is 28.6. The normalized spacial score (nSPS) is 23.8. The molecule has 214 valence electrons. The Bertz CT molecular complexity index is 1210. The molecule has 2 saturated heterocycles. The third-order valence-electron chi connectivity index (χ3n) is 8.51. The molecular formula is C34H44N2O4. The number of allylic oxidation sites excluding steroid dienone is 3. The first-order valence-corrected chi connectivity index (χ1v) is 14.7. The van der Waals surface area contributed by atoms with E-state index in [1.54, 1.807) is 7.11 Å². The van der Waals surface area contributed by atoms with Crippen molar-refractivity contribution in [3.8, 4) is 5.75 Å². The van der Waals surface area contributed by atoms with Gasteiger partial charge in [0.15, 0.2) is 6.29 Å². The Balaban J connectivity index is 1.33. The minimum Gasteiger partial charge on any atom is -0.496 e. The van der Waals surface area contributed by atoms with Gasteiger partial charge in [-0.2, -0.15) is 0 Å². The fraction of sp³-hybridized carbons (Fsp3) is 0.500. The van der Waals surface area contributed by atoms with Gasteiger partial charge in [-0.3, -0.25) is 9.69 Å². The summed E-state index contributed by atoms with van der Waals surface area (Å²) in [5, 5.41) is 3.28. The highest BCUT2D eigenvalue weighted by Gasteiger charge is 2.40. The van der Waals surface area contributed by atoms with Crippen LogP contribution in [0.5, 0.6) is 5.75 Å². The Morgan fingerprint density at radius 3 is 2.58 bits per heavy atom. The number of nitrogens with one attached hydrogen (secondary N) is 1. The summed E-state index contributed by atoms with van der Waals surface area (Å²) < 4.78 is 17.4. The highest BCUT2D eigenvalue weighted by molar-refractivity contribution is 5.98. The number of carbonyl (C=O) groups is 1. The number of nitrogens with zero attached hydrogens (tertiary/aromatic N) is 1. The number of likely N-dealkylation sites (tertiary alicyclic amines) is 1. The standard InChI is InChI=1S/C34H44N2O4/c1-34(2,3)25-14-15-28(31(22-25)38-4)33(37)35-29-13-8-12-27-26(29)18-19-36(23-24-10-6-5-7-11-24)30(27)16-17-32-39-20-9-21-40-32/h5-8,10-15,22,26-27,30,32H,9,16-21,23H2,1-4H3,(H,35,37). The maximum Gasteiger partial charge on any atom is 0.259 e. The van der Waals surface area contributed by atoms with Crippen LogP contribution in [0.15, 0.2) is 72.5 Å². The largest absolute Gasteiger partial charge is 0.496 e. The summed E-state index contributed by atoms with van der Waals surface area (Å²) in [4.78, 5) is 16.2. The molecule has 3 aliphatic rings. The summed E-state index contributed by atoms with van der Waals surface area (Å²) in [6.07, 6.45) is 10.2. The van der Waals surface area contributed by atoms with Crippen LogP contribution < -0.4 is 10.1 Å². The second kappa shape index (κ2) is 12.7. The first-order chi connectivity index (χ1) is 19.3. The molecule has 0 bridgehead atoms. The van der Waals surface area contributed by atoms with Crippen LogP contribution in [0, 0.1) is 11.8 Å². The van der Waals surface area contributed by atoms with Gasteiger partial charge >= 0.3 is 0 Å². The number of ether oxygens (including phenoxy) is 3. The maximum atomic E-state index is 13.5. The molecule has 0 radical (unpaired) electrons. The van der Waals surface area contributed by atoms with E-state index in [0.717, 1.165) is 63.2 Å². The third kappa shape index (κ3) is 6.68. The minimum absolute atomic E-state index is 0.0252. The van der Waals surface area contributed by atoms with E-state index in [4.69, 9.17) is 14.2 Å². The fourth-order valence-corrected chi connectivity index (χ4v) is 6.29. The Kier molecular flexibility index (Phi) is 9.09. The second-order valence-corrected chi connectivity index (χ2v) is 12.2. The predicted octanol–water partition coefficient (Wildman–Crippen LogP) is 6.23. The lowest BCUT2D eigenvalue weighted by Crippen LogP contribution is -2.50. The number of fused-ring (bicyclic) bond motifs is 1. The van der Waals surface area contributed by atoms with E-state index in [2.05, 4.69) is 79.5 Å². The second-order valence-electron chi connectivity index (χ2n) is 12.2. The Hall–Kier alpha value is -2.93. The van der Waals surface area contributed by atoms with E-state index in [0.29, 0.717) is 23.3 Å². The molecule has 0 spiro atoms. The summed E-state index contributed by atoms with van der Waals surface area (Å²) in [6.45, 7) is 9.91. The van der Waals surface area contributed by atoms with Gasteiger partial charge in [0.05, 0.1) is 25.9 Å². The molecule has 2 heterocycles. The number of hydrogen-bond acceptors (Lipinski definition) is 5. The van der Waals surface area contributed by atoms with Gasteiger partial charge in [0.2, 0.25) is 0 Å². The number of carbonyl (C=O) groups excluding carboxylic acids is 1. The summed E-state index contributed by atoms with van der Waals surface area (Å²) in [5.74, 6) is 1.03. The average molecular weight is 545 g/mol. The number of methoxy groups -OCH3 is 1. The van der Waals surface area contributed by atoms with Gasteiger partial charge in [-0.05, 0) is 67.0 Å². The fourth-order valence-electron chi connectivity index (χ4n) is 6.29. The van der Waals surface area contributed by atoms with Crippen LogP contribution in [0.1, 0.15) is 67.9 Å². The van der Waals surface area contributed by atoms with Crippen LogP contribution in [0.4, 0.5) is 0 Å². The minimum atomic E-state index is -0.126. The number of rotatable bonds is 8. The molecule has 0 aromatic heterocycles. The zero-order valence-corrected chi connectivity index (χ0v) is 24.4. The van der Waals surface area contributed by atoms with Crippen LogP contribution in [-0.2, 0) is 21.4 Å². The Morgan fingerprint density at radius 1 is 1.07 bits per heavy atom. The lowest BCUT2D eigenvalue weighted by Gasteiger charge is -2.47. The van der Waals surface area contributed by atoms with Crippen LogP contribution in [0.3, 0.4) is 0 Å². The van der Waals surface area contributed by atoms with Gasteiger partial charge in [0.1, 0.15) is 5.75 Å². The molecule has 2 aromatic rings. The quantitative estimate of drug-likeness (QED) is 0.427. The van der Waals surface area contributed by atoms with Gasteiger partial charge in [0, 0.05) is 30.1 Å². The molecule has 3 unspecified atom stereocenters. The van der Waals surface area contributed by atoms with Crippen LogP contribution in [-0.4, -0.2) is 50.0 Å². The molecule has 2 fully saturated rings. The molecule has 1 amide bonds. The zero-order valence-electron chi connectivity index (χ0n) is 24.4. The summed E-state index contributed by atoms with van der Waals surface area (Å²) >= 11 is 0. The highest BCUT2D eigenvalue weighted by Crippen LogP contribution is 2.40. The maximum absolute atomic E-state index is 13.5. The van der Waals surface area contributed by atoms with Crippen LogP contribution in [0.2, 0.25) is 0 Å². The monoisotopic (exact) mass is 544 g/mol. The molecule has 2 aliphatic heterocycles. The molecular weight excluding hydrogens is 500 g/mol. The van der Waals surface area contributed by atoms with E-state index >= 15 is 0 Å². The van der Waals surface area contributed by atoms with Gasteiger partial charge < -0.3 is 19.5 Å². The number of hydrogen-bond donors (Lipinski definition) is 1. The molecule has 6 heteroatoms. The highest BCUT2D eigenvalue weighted by atomic mass is 16.7. The summed E-state index contributed by atoms with van der Waals surface area (Å²) in [5.41, 5.74) is 4.00. The Morgan fingerprint density at radius 2 is 1.85 bits per heavy atom. The van der Waals surface area contributed by atoms with Gasteiger partial charge in [-0.15, -0.1) is 0 Å². The van der Waals surface area contributed by atoms with Crippen molar-refractivity contribution in [1.82, 2.24) is 10.2 Å². The van der Waals surface area contributed by atoms with E-state index in [9.17, 15) is 4.79 Å². The lowest BCUT2D eigenvalue weighted by molar-refractivity contribution is -0.183.